The zero-order valence-electron chi connectivity index (χ0n) is 14.7. The summed E-state index contributed by atoms with van der Waals surface area (Å²) in [6.45, 7) is 2.47. The number of aromatic amines is 1. The highest BCUT2D eigenvalue weighted by molar-refractivity contribution is 6.31. The van der Waals surface area contributed by atoms with Crippen LogP contribution in [0, 0.1) is 6.92 Å². The van der Waals surface area contributed by atoms with Crippen LogP contribution in [0.15, 0.2) is 48.8 Å². The summed E-state index contributed by atoms with van der Waals surface area (Å²) >= 11 is 6.25. The highest BCUT2D eigenvalue weighted by Gasteiger charge is 2.38. The molecule has 3 aromatic rings. The van der Waals surface area contributed by atoms with Gasteiger partial charge in [0.2, 0.25) is 0 Å². The van der Waals surface area contributed by atoms with Gasteiger partial charge in [0.1, 0.15) is 5.82 Å². The standard InChI is InChI=1S/C17H16ClN3.C2HF3O2/c1-11-12(4-3-7-16(11)18)13-5-2-6-14(15(13)10-19)17-20-8-9-21-17;3-2(4,5)1(6)7/h2-9H,10,19H2,1H3,(H,20,21);(H,6,7). The number of rotatable bonds is 3. The van der Waals surface area contributed by atoms with Gasteiger partial charge in [0.05, 0.1) is 0 Å². The number of carboxylic acid groups (broad SMARTS) is 1. The second-order valence-corrected chi connectivity index (χ2v) is 6.10. The van der Waals surface area contributed by atoms with Gasteiger partial charge in [-0.3, -0.25) is 0 Å². The van der Waals surface area contributed by atoms with Crippen LogP contribution in [0.3, 0.4) is 0 Å². The zero-order valence-corrected chi connectivity index (χ0v) is 15.5. The quantitative estimate of drug-likeness (QED) is 0.577. The molecule has 0 aliphatic heterocycles. The molecule has 0 atom stereocenters. The molecule has 3 rings (SSSR count). The average molecular weight is 412 g/mol. The van der Waals surface area contributed by atoms with Crippen LogP contribution in [0.2, 0.25) is 5.02 Å². The molecular weight excluding hydrogens is 395 g/mol. The lowest BCUT2D eigenvalue weighted by molar-refractivity contribution is -0.192. The SMILES string of the molecule is Cc1c(Cl)cccc1-c1cccc(-c2ncc[nH]2)c1CN.O=C(O)C(F)(F)F. The fraction of sp³-hybridized carbons (Fsp3) is 0.158. The van der Waals surface area contributed by atoms with E-state index >= 15 is 0 Å². The Morgan fingerprint density at radius 1 is 1.18 bits per heavy atom. The van der Waals surface area contributed by atoms with E-state index < -0.39 is 12.1 Å². The smallest absolute Gasteiger partial charge is 0.475 e. The van der Waals surface area contributed by atoms with Gasteiger partial charge in [0.25, 0.3) is 0 Å². The van der Waals surface area contributed by atoms with Crippen molar-refractivity contribution in [3.05, 3.63) is 64.9 Å². The highest BCUT2D eigenvalue weighted by Crippen LogP contribution is 2.34. The summed E-state index contributed by atoms with van der Waals surface area (Å²) in [5.41, 5.74) is 11.4. The summed E-state index contributed by atoms with van der Waals surface area (Å²) in [6, 6.07) is 12.1. The zero-order chi connectivity index (χ0) is 20.9. The topological polar surface area (TPSA) is 92.0 Å². The van der Waals surface area contributed by atoms with E-state index in [0.29, 0.717) is 6.54 Å². The molecule has 148 valence electrons. The van der Waals surface area contributed by atoms with Crippen molar-refractivity contribution in [3.63, 3.8) is 0 Å². The maximum Gasteiger partial charge on any atom is 0.490 e. The van der Waals surface area contributed by atoms with Gasteiger partial charge >= 0.3 is 12.1 Å². The molecule has 1 aromatic heterocycles. The summed E-state index contributed by atoms with van der Waals surface area (Å²) in [5.74, 6) is -1.93. The van der Waals surface area contributed by atoms with Crippen molar-refractivity contribution in [1.29, 1.82) is 0 Å². The summed E-state index contributed by atoms with van der Waals surface area (Å²) in [4.78, 5) is 16.4. The summed E-state index contributed by atoms with van der Waals surface area (Å²) < 4.78 is 31.7. The largest absolute Gasteiger partial charge is 0.490 e. The number of carboxylic acids is 1. The minimum Gasteiger partial charge on any atom is -0.475 e. The molecular formula is C19H17ClF3N3O2. The summed E-state index contributed by atoms with van der Waals surface area (Å²) in [6.07, 6.45) is -1.53. The number of nitrogens with two attached hydrogens (primary N) is 1. The Labute approximate surface area is 164 Å². The van der Waals surface area contributed by atoms with Crippen LogP contribution in [-0.4, -0.2) is 27.2 Å². The molecule has 0 spiro atoms. The summed E-state index contributed by atoms with van der Waals surface area (Å²) in [5, 5.41) is 7.89. The van der Waals surface area contributed by atoms with E-state index in [1.165, 1.54) is 0 Å². The normalized spacial score (nSPS) is 10.9. The number of aromatic nitrogens is 2. The van der Waals surface area contributed by atoms with Crippen molar-refractivity contribution in [2.75, 3.05) is 0 Å². The first-order valence-corrected chi connectivity index (χ1v) is 8.42. The third kappa shape index (κ3) is 4.90. The summed E-state index contributed by atoms with van der Waals surface area (Å²) in [7, 11) is 0. The van der Waals surface area contributed by atoms with E-state index in [4.69, 9.17) is 27.2 Å². The Morgan fingerprint density at radius 2 is 1.75 bits per heavy atom. The molecule has 0 bridgehead atoms. The number of imidazole rings is 1. The number of halogens is 4. The van der Waals surface area contributed by atoms with E-state index in [0.717, 1.165) is 38.7 Å². The number of nitrogens with one attached hydrogen (secondary N) is 1. The molecule has 0 amide bonds. The third-order valence-electron chi connectivity index (χ3n) is 3.93. The first-order chi connectivity index (χ1) is 13.2. The maximum atomic E-state index is 10.6. The van der Waals surface area contributed by atoms with Gasteiger partial charge in [0.15, 0.2) is 0 Å². The minimum absolute atomic E-state index is 0.443. The molecule has 28 heavy (non-hydrogen) atoms. The fourth-order valence-corrected chi connectivity index (χ4v) is 2.77. The van der Waals surface area contributed by atoms with Crippen LogP contribution >= 0.6 is 11.6 Å². The van der Waals surface area contributed by atoms with Gasteiger partial charge in [0, 0.05) is 29.5 Å². The van der Waals surface area contributed by atoms with E-state index in [2.05, 4.69) is 22.1 Å². The Bertz CT molecular complexity index is 958. The molecule has 5 nitrogen and oxygen atoms in total. The second kappa shape index (κ2) is 8.90. The molecule has 1 heterocycles. The maximum absolute atomic E-state index is 10.6. The minimum atomic E-state index is -5.08. The van der Waals surface area contributed by atoms with Crippen molar-refractivity contribution in [1.82, 2.24) is 9.97 Å². The molecule has 0 aliphatic rings. The second-order valence-electron chi connectivity index (χ2n) is 5.69. The molecule has 0 radical (unpaired) electrons. The lowest BCUT2D eigenvalue weighted by Crippen LogP contribution is -2.21. The highest BCUT2D eigenvalue weighted by atomic mass is 35.5. The van der Waals surface area contributed by atoms with Gasteiger partial charge in [-0.1, -0.05) is 41.9 Å². The Hall–Kier alpha value is -2.84. The van der Waals surface area contributed by atoms with E-state index in [1.807, 2.05) is 37.4 Å². The number of aliphatic carboxylic acids is 1. The fourth-order valence-electron chi connectivity index (χ4n) is 2.59. The predicted molar refractivity (Wildman–Crippen MR) is 101 cm³/mol. The van der Waals surface area contributed by atoms with Gasteiger partial charge in [-0.05, 0) is 35.2 Å². The van der Waals surface area contributed by atoms with Crippen molar-refractivity contribution < 1.29 is 23.1 Å². The van der Waals surface area contributed by atoms with Crippen LogP contribution in [0.1, 0.15) is 11.1 Å². The van der Waals surface area contributed by atoms with Gasteiger partial charge in [-0.15, -0.1) is 0 Å². The van der Waals surface area contributed by atoms with Crippen molar-refractivity contribution >= 4 is 17.6 Å². The predicted octanol–water partition coefficient (Wildman–Crippen LogP) is 4.80. The van der Waals surface area contributed by atoms with Crippen molar-refractivity contribution in [2.45, 2.75) is 19.6 Å². The molecule has 4 N–H and O–H groups in total. The Morgan fingerprint density at radius 3 is 2.29 bits per heavy atom. The monoisotopic (exact) mass is 411 g/mol. The lowest BCUT2D eigenvalue weighted by Gasteiger charge is -2.15. The molecule has 0 saturated carbocycles. The van der Waals surface area contributed by atoms with E-state index in [1.54, 1.807) is 6.20 Å². The molecule has 9 heteroatoms. The Balaban J connectivity index is 0.000000345. The van der Waals surface area contributed by atoms with Gasteiger partial charge in [-0.25, -0.2) is 9.78 Å². The van der Waals surface area contributed by atoms with Crippen molar-refractivity contribution in [2.24, 2.45) is 5.73 Å². The van der Waals surface area contributed by atoms with Gasteiger partial charge in [-0.2, -0.15) is 13.2 Å². The lowest BCUT2D eigenvalue weighted by atomic mass is 9.92. The molecule has 0 saturated heterocycles. The van der Waals surface area contributed by atoms with Crippen LogP contribution in [0.5, 0.6) is 0 Å². The molecule has 2 aromatic carbocycles. The molecule has 0 unspecified atom stereocenters. The Kier molecular flexibility index (Phi) is 6.82. The number of alkyl halides is 3. The van der Waals surface area contributed by atoms with E-state index in [9.17, 15) is 13.2 Å². The van der Waals surface area contributed by atoms with Crippen LogP contribution in [-0.2, 0) is 11.3 Å². The molecule has 0 aliphatic carbocycles. The molecule has 0 fully saturated rings. The third-order valence-corrected chi connectivity index (χ3v) is 4.34. The van der Waals surface area contributed by atoms with Gasteiger partial charge < -0.3 is 15.8 Å². The number of nitrogens with zero attached hydrogens (tertiary/aromatic N) is 1. The number of benzene rings is 2. The number of hydrogen-bond acceptors (Lipinski definition) is 3. The number of H-pyrrole nitrogens is 1. The average Bonchev–Trinajstić information content (AvgIpc) is 3.17. The van der Waals surface area contributed by atoms with Crippen molar-refractivity contribution in [3.8, 4) is 22.5 Å². The van der Waals surface area contributed by atoms with E-state index in [-0.39, 0.29) is 0 Å². The first-order valence-electron chi connectivity index (χ1n) is 8.04. The van der Waals surface area contributed by atoms with Crippen LogP contribution < -0.4 is 5.73 Å². The first kappa shape index (κ1) is 21.5. The number of hydrogen-bond donors (Lipinski definition) is 3. The van der Waals surface area contributed by atoms with Crippen LogP contribution in [0.4, 0.5) is 13.2 Å². The number of carbonyl (C=O) groups is 1. The van der Waals surface area contributed by atoms with Crippen LogP contribution in [0.25, 0.3) is 22.5 Å².